The van der Waals surface area contributed by atoms with Crippen LogP contribution in [0.5, 0.6) is 0 Å². The Morgan fingerprint density at radius 3 is 2.67 bits per heavy atom. The first-order valence-electron chi connectivity index (χ1n) is 5.80. The molecule has 2 aliphatic rings. The summed E-state index contributed by atoms with van der Waals surface area (Å²) in [5, 5.41) is 0. The molecule has 0 amide bonds. The molecule has 18 heavy (non-hydrogen) atoms. The maximum atomic E-state index is 11.0. The second kappa shape index (κ2) is 4.97. The number of fused-ring (bicyclic) bond motifs is 1. The van der Waals surface area contributed by atoms with E-state index in [1.54, 1.807) is 0 Å². The fourth-order valence-corrected chi connectivity index (χ4v) is 2.19. The number of hydrogen-bond donors (Lipinski definition) is 0. The highest BCUT2D eigenvalue weighted by atomic mass is 16.8. The van der Waals surface area contributed by atoms with Gasteiger partial charge >= 0.3 is 5.97 Å². The van der Waals surface area contributed by atoms with E-state index in [-0.39, 0.29) is 18.8 Å². The van der Waals surface area contributed by atoms with Gasteiger partial charge in [0.2, 0.25) is 0 Å². The van der Waals surface area contributed by atoms with Gasteiger partial charge in [0.1, 0.15) is 24.9 Å². The smallest absolute Gasteiger partial charge is 0.330 e. The zero-order valence-electron chi connectivity index (χ0n) is 10.8. The van der Waals surface area contributed by atoms with E-state index in [9.17, 15) is 4.79 Å². The Labute approximate surface area is 106 Å². The first-order chi connectivity index (χ1) is 8.46. The van der Waals surface area contributed by atoms with Gasteiger partial charge in [-0.2, -0.15) is 0 Å². The molecule has 2 aliphatic heterocycles. The molecule has 0 radical (unpaired) electrons. The molecule has 0 aromatic heterocycles. The van der Waals surface area contributed by atoms with E-state index in [4.69, 9.17) is 23.7 Å². The molecule has 6 nitrogen and oxygen atoms in total. The number of esters is 1. The number of carbonyl (C=O) groups excluding carboxylic acids is 1. The van der Waals surface area contributed by atoms with Crippen molar-refractivity contribution in [1.29, 1.82) is 0 Å². The molecule has 0 aromatic rings. The van der Waals surface area contributed by atoms with Crippen LogP contribution in [-0.2, 0) is 28.5 Å². The first-order valence-corrected chi connectivity index (χ1v) is 5.80. The summed E-state index contributed by atoms with van der Waals surface area (Å²) >= 11 is 0. The van der Waals surface area contributed by atoms with E-state index < -0.39 is 24.2 Å². The standard InChI is InChI=1S/C12H18O6/c1-5-8(13)15-6-7-9-10(11(14-4)16-7)18-12(2,3)17-9/h5,7,9-11H,1,6H2,2-4H3. The van der Waals surface area contributed by atoms with Crippen LogP contribution >= 0.6 is 0 Å². The molecule has 2 saturated heterocycles. The molecule has 0 N–H and O–H groups in total. The van der Waals surface area contributed by atoms with Crippen LogP contribution in [0.15, 0.2) is 12.7 Å². The molecular weight excluding hydrogens is 240 g/mol. The van der Waals surface area contributed by atoms with E-state index in [2.05, 4.69) is 6.58 Å². The van der Waals surface area contributed by atoms with Gasteiger partial charge in [-0.3, -0.25) is 0 Å². The maximum absolute atomic E-state index is 11.0. The summed E-state index contributed by atoms with van der Waals surface area (Å²) in [5.74, 6) is -1.18. The summed E-state index contributed by atoms with van der Waals surface area (Å²) in [5.41, 5.74) is 0. The molecule has 0 bridgehead atoms. The third-order valence-electron chi connectivity index (χ3n) is 2.90. The van der Waals surface area contributed by atoms with E-state index in [1.807, 2.05) is 13.8 Å². The van der Waals surface area contributed by atoms with E-state index in [0.717, 1.165) is 6.08 Å². The third kappa shape index (κ3) is 2.56. The quantitative estimate of drug-likeness (QED) is 0.544. The van der Waals surface area contributed by atoms with Gasteiger partial charge in [-0.05, 0) is 13.8 Å². The monoisotopic (exact) mass is 258 g/mol. The minimum atomic E-state index is -0.684. The van der Waals surface area contributed by atoms with E-state index in [0.29, 0.717) is 0 Å². The van der Waals surface area contributed by atoms with Crippen LogP contribution in [0, 0.1) is 0 Å². The van der Waals surface area contributed by atoms with Gasteiger partial charge in [0.15, 0.2) is 12.1 Å². The molecule has 0 aliphatic carbocycles. The van der Waals surface area contributed by atoms with Crippen molar-refractivity contribution >= 4 is 5.97 Å². The van der Waals surface area contributed by atoms with Crippen molar-refractivity contribution in [2.45, 2.75) is 44.2 Å². The van der Waals surface area contributed by atoms with Crippen LogP contribution in [0.25, 0.3) is 0 Å². The van der Waals surface area contributed by atoms with E-state index in [1.165, 1.54) is 7.11 Å². The summed E-state index contributed by atoms with van der Waals surface area (Å²) in [4.78, 5) is 11.0. The maximum Gasteiger partial charge on any atom is 0.330 e. The van der Waals surface area contributed by atoms with Gasteiger partial charge in [0.25, 0.3) is 0 Å². The Hall–Kier alpha value is -0.950. The van der Waals surface area contributed by atoms with Crippen LogP contribution in [0.4, 0.5) is 0 Å². The van der Waals surface area contributed by atoms with Gasteiger partial charge in [-0.1, -0.05) is 6.58 Å². The van der Waals surface area contributed by atoms with Gasteiger partial charge in [0, 0.05) is 13.2 Å². The fourth-order valence-electron chi connectivity index (χ4n) is 2.19. The molecule has 0 spiro atoms. The lowest BCUT2D eigenvalue weighted by atomic mass is 10.1. The summed E-state index contributed by atoms with van der Waals surface area (Å²) in [6.45, 7) is 7.07. The Morgan fingerprint density at radius 2 is 2.06 bits per heavy atom. The highest BCUT2D eigenvalue weighted by molar-refractivity contribution is 5.81. The number of carbonyl (C=O) groups is 1. The van der Waals surface area contributed by atoms with Crippen molar-refractivity contribution in [3.63, 3.8) is 0 Å². The topological polar surface area (TPSA) is 63.2 Å². The van der Waals surface area contributed by atoms with Crippen molar-refractivity contribution in [2.75, 3.05) is 13.7 Å². The summed E-state index contributed by atoms with van der Waals surface area (Å²) in [7, 11) is 1.54. The third-order valence-corrected chi connectivity index (χ3v) is 2.90. The normalized spacial score (nSPS) is 37.3. The average Bonchev–Trinajstić information content (AvgIpc) is 2.79. The lowest BCUT2D eigenvalue weighted by molar-refractivity contribution is -0.231. The Kier molecular flexibility index (Phi) is 3.72. The Bertz CT molecular complexity index is 339. The van der Waals surface area contributed by atoms with Crippen molar-refractivity contribution < 1.29 is 28.5 Å². The molecule has 0 saturated carbocycles. The Balaban J connectivity index is 2.00. The number of rotatable bonds is 4. The second-order valence-corrected chi connectivity index (χ2v) is 4.68. The minimum Gasteiger partial charge on any atom is -0.460 e. The number of hydrogen-bond acceptors (Lipinski definition) is 6. The van der Waals surface area contributed by atoms with Crippen LogP contribution in [0.1, 0.15) is 13.8 Å². The fraction of sp³-hybridized carbons (Fsp3) is 0.750. The molecule has 0 aromatic carbocycles. The molecule has 102 valence electrons. The lowest BCUT2D eigenvalue weighted by Gasteiger charge is -2.23. The summed E-state index contributed by atoms with van der Waals surface area (Å²) in [6.07, 6.45) is -0.411. The van der Waals surface area contributed by atoms with Crippen LogP contribution in [0.3, 0.4) is 0 Å². The number of methoxy groups -OCH3 is 1. The zero-order valence-corrected chi connectivity index (χ0v) is 10.8. The highest BCUT2D eigenvalue weighted by Crippen LogP contribution is 2.38. The molecule has 2 fully saturated rings. The first kappa shape index (κ1) is 13.5. The molecule has 6 heteroatoms. The van der Waals surface area contributed by atoms with E-state index >= 15 is 0 Å². The van der Waals surface area contributed by atoms with Crippen LogP contribution in [-0.4, -0.2) is 50.1 Å². The second-order valence-electron chi connectivity index (χ2n) is 4.68. The SMILES string of the molecule is C=CC(=O)OCC1OC(OC)C2OC(C)(C)OC12. The van der Waals surface area contributed by atoms with Crippen molar-refractivity contribution in [2.24, 2.45) is 0 Å². The van der Waals surface area contributed by atoms with Crippen molar-refractivity contribution in [1.82, 2.24) is 0 Å². The highest BCUT2D eigenvalue weighted by Gasteiger charge is 2.55. The average molecular weight is 258 g/mol. The van der Waals surface area contributed by atoms with Crippen molar-refractivity contribution in [3.8, 4) is 0 Å². The molecule has 4 atom stereocenters. The van der Waals surface area contributed by atoms with Gasteiger partial charge in [-0.15, -0.1) is 0 Å². The van der Waals surface area contributed by atoms with Crippen LogP contribution < -0.4 is 0 Å². The minimum absolute atomic E-state index is 0.0886. The van der Waals surface area contributed by atoms with Gasteiger partial charge in [-0.25, -0.2) is 4.79 Å². The summed E-state index contributed by atoms with van der Waals surface area (Å²) in [6, 6.07) is 0. The molecular formula is C12H18O6. The lowest BCUT2D eigenvalue weighted by Crippen LogP contribution is -2.33. The molecule has 4 unspecified atom stereocenters. The molecule has 2 rings (SSSR count). The number of ether oxygens (including phenoxy) is 5. The Morgan fingerprint density at radius 1 is 1.39 bits per heavy atom. The predicted molar refractivity (Wildman–Crippen MR) is 60.7 cm³/mol. The largest absolute Gasteiger partial charge is 0.460 e. The predicted octanol–water partition coefficient (Wildman–Crippen LogP) is 0.607. The van der Waals surface area contributed by atoms with Crippen molar-refractivity contribution in [3.05, 3.63) is 12.7 Å². The molecule has 2 heterocycles. The van der Waals surface area contributed by atoms with Gasteiger partial charge in [0.05, 0.1) is 0 Å². The van der Waals surface area contributed by atoms with Crippen LogP contribution in [0.2, 0.25) is 0 Å². The zero-order chi connectivity index (χ0) is 13.3. The van der Waals surface area contributed by atoms with Gasteiger partial charge < -0.3 is 23.7 Å². The summed E-state index contributed by atoms with van der Waals surface area (Å²) < 4.78 is 27.2.